The van der Waals surface area contributed by atoms with Crippen LogP contribution in [0.5, 0.6) is 0 Å². The number of carbonyl (C=O) groups is 1. The largest absolute Gasteiger partial charge is 0.326 e. The van der Waals surface area contributed by atoms with Crippen LogP contribution in [0.3, 0.4) is 0 Å². The predicted molar refractivity (Wildman–Crippen MR) is 104 cm³/mol. The molecule has 5 nitrogen and oxygen atoms in total. The highest BCUT2D eigenvalue weighted by Gasteiger charge is 2.23. The molecule has 2 aromatic rings. The molecule has 1 amide bonds. The summed E-state index contributed by atoms with van der Waals surface area (Å²) in [5.74, 6) is 0.0936. The fourth-order valence-electron chi connectivity index (χ4n) is 3.28. The maximum Gasteiger partial charge on any atom is 0.261 e. The maximum atomic E-state index is 12.6. The molecule has 0 aromatic heterocycles. The average molecular weight is 372 g/mol. The number of carbonyl (C=O) groups excluding carboxylic acids is 1. The molecule has 0 atom stereocenters. The van der Waals surface area contributed by atoms with Gasteiger partial charge in [-0.25, -0.2) is 8.42 Å². The van der Waals surface area contributed by atoms with Gasteiger partial charge in [0.15, 0.2) is 0 Å². The minimum Gasteiger partial charge on any atom is -0.326 e. The monoisotopic (exact) mass is 372 g/mol. The average Bonchev–Trinajstić information content (AvgIpc) is 3.13. The first-order chi connectivity index (χ1) is 12.3. The van der Waals surface area contributed by atoms with Gasteiger partial charge in [0.25, 0.3) is 10.0 Å². The normalized spacial score (nSPS) is 15.0. The van der Waals surface area contributed by atoms with Crippen molar-refractivity contribution >= 4 is 27.3 Å². The number of hydrogen-bond acceptors (Lipinski definition) is 3. The highest BCUT2D eigenvalue weighted by molar-refractivity contribution is 7.92. The van der Waals surface area contributed by atoms with E-state index < -0.39 is 10.0 Å². The highest BCUT2D eigenvalue weighted by Crippen LogP contribution is 2.26. The Kier molecular flexibility index (Phi) is 5.32. The second kappa shape index (κ2) is 7.50. The first kappa shape index (κ1) is 18.5. The Labute approximate surface area is 154 Å². The van der Waals surface area contributed by atoms with E-state index in [4.69, 9.17) is 0 Å². The van der Waals surface area contributed by atoms with E-state index in [-0.39, 0.29) is 16.7 Å². The highest BCUT2D eigenvalue weighted by atomic mass is 32.2. The zero-order valence-corrected chi connectivity index (χ0v) is 15.9. The molecule has 138 valence electrons. The number of rotatable bonds is 5. The van der Waals surface area contributed by atoms with Crippen molar-refractivity contribution in [3.8, 4) is 0 Å². The van der Waals surface area contributed by atoms with Gasteiger partial charge in [-0.15, -0.1) is 0 Å². The maximum absolute atomic E-state index is 12.6. The number of nitrogens with one attached hydrogen (secondary N) is 2. The summed E-state index contributed by atoms with van der Waals surface area (Å²) in [6, 6.07) is 11.8. The van der Waals surface area contributed by atoms with Gasteiger partial charge in [0.2, 0.25) is 5.91 Å². The van der Waals surface area contributed by atoms with Gasteiger partial charge in [0, 0.05) is 11.6 Å². The lowest BCUT2D eigenvalue weighted by molar-refractivity contribution is -0.119. The molecule has 0 unspecified atom stereocenters. The van der Waals surface area contributed by atoms with E-state index in [1.165, 1.54) is 12.1 Å². The minimum absolute atomic E-state index is 0.0199. The molecule has 2 aromatic carbocycles. The van der Waals surface area contributed by atoms with Crippen LogP contribution in [0.4, 0.5) is 11.4 Å². The Bertz CT molecular complexity index is 899. The third-order valence-electron chi connectivity index (χ3n) is 4.78. The van der Waals surface area contributed by atoms with Gasteiger partial charge >= 0.3 is 0 Å². The smallest absolute Gasteiger partial charge is 0.261 e. The molecule has 2 N–H and O–H groups in total. The van der Waals surface area contributed by atoms with Crippen molar-refractivity contribution in [2.75, 3.05) is 10.0 Å². The van der Waals surface area contributed by atoms with Crippen LogP contribution in [0.25, 0.3) is 0 Å². The molecular weight excluding hydrogens is 348 g/mol. The number of benzene rings is 2. The van der Waals surface area contributed by atoms with Crippen molar-refractivity contribution in [1.82, 2.24) is 0 Å². The quantitative estimate of drug-likeness (QED) is 0.824. The molecule has 0 bridgehead atoms. The van der Waals surface area contributed by atoms with Gasteiger partial charge in [0.05, 0.1) is 10.6 Å². The van der Waals surface area contributed by atoms with Crippen LogP contribution in [0.1, 0.15) is 36.8 Å². The van der Waals surface area contributed by atoms with Crippen LogP contribution in [0.15, 0.2) is 47.4 Å². The number of sulfonamides is 1. The zero-order chi connectivity index (χ0) is 18.7. The van der Waals surface area contributed by atoms with Crippen molar-refractivity contribution in [3.05, 3.63) is 53.6 Å². The molecule has 0 saturated heterocycles. The molecule has 3 rings (SSSR count). The van der Waals surface area contributed by atoms with E-state index in [0.29, 0.717) is 11.4 Å². The number of aryl methyl sites for hydroxylation is 2. The standard InChI is InChI=1S/C20H24N2O3S/c1-14-7-12-19(15(2)13-14)22-26(24,25)18-10-8-17(9-11-18)21-20(23)16-5-3-4-6-16/h7-13,16,22H,3-6H2,1-2H3,(H,21,23). The molecule has 1 aliphatic rings. The van der Waals surface area contributed by atoms with Gasteiger partial charge in [0.1, 0.15) is 0 Å². The Balaban J connectivity index is 1.71. The molecule has 6 heteroatoms. The number of anilines is 2. The van der Waals surface area contributed by atoms with Crippen molar-refractivity contribution in [3.63, 3.8) is 0 Å². The third-order valence-corrected chi connectivity index (χ3v) is 6.17. The molecule has 0 radical (unpaired) electrons. The second-order valence-corrected chi connectivity index (χ2v) is 8.60. The van der Waals surface area contributed by atoms with Crippen LogP contribution in [-0.2, 0) is 14.8 Å². The summed E-state index contributed by atoms with van der Waals surface area (Å²) in [5.41, 5.74) is 3.13. The van der Waals surface area contributed by atoms with E-state index in [2.05, 4.69) is 10.0 Å². The lowest BCUT2D eigenvalue weighted by Crippen LogP contribution is -2.20. The summed E-state index contributed by atoms with van der Waals surface area (Å²) in [7, 11) is -3.67. The van der Waals surface area contributed by atoms with Gasteiger partial charge < -0.3 is 5.32 Å². The Morgan fingerprint density at radius 2 is 1.65 bits per heavy atom. The summed E-state index contributed by atoms with van der Waals surface area (Å²) in [6.45, 7) is 3.83. The lowest BCUT2D eigenvalue weighted by atomic mass is 10.1. The first-order valence-corrected chi connectivity index (χ1v) is 10.3. The molecule has 0 spiro atoms. The summed E-state index contributed by atoms with van der Waals surface area (Å²) in [5, 5.41) is 2.87. The number of amides is 1. The summed E-state index contributed by atoms with van der Waals surface area (Å²) in [6.07, 6.45) is 4.05. The third kappa shape index (κ3) is 4.25. The topological polar surface area (TPSA) is 75.3 Å². The van der Waals surface area contributed by atoms with E-state index >= 15 is 0 Å². The second-order valence-electron chi connectivity index (χ2n) is 6.92. The fourth-order valence-corrected chi connectivity index (χ4v) is 4.41. The molecular formula is C20H24N2O3S. The van der Waals surface area contributed by atoms with E-state index in [1.54, 1.807) is 18.2 Å². The van der Waals surface area contributed by atoms with Gasteiger partial charge in [-0.3, -0.25) is 9.52 Å². The Morgan fingerprint density at radius 3 is 2.27 bits per heavy atom. The van der Waals surface area contributed by atoms with E-state index in [0.717, 1.165) is 36.8 Å². The predicted octanol–water partition coefficient (Wildman–Crippen LogP) is 4.23. The van der Waals surface area contributed by atoms with Crippen LogP contribution in [0, 0.1) is 19.8 Å². The zero-order valence-electron chi connectivity index (χ0n) is 15.1. The lowest BCUT2D eigenvalue weighted by Gasteiger charge is -2.13. The van der Waals surface area contributed by atoms with Crippen LogP contribution in [0.2, 0.25) is 0 Å². The molecule has 0 heterocycles. The molecule has 1 aliphatic carbocycles. The molecule has 1 fully saturated rings. The van der Waals surface area contributed by atoms with Gasteiger partial charge in [-0.05, 0) is 62.6 Å². The van der Waals surface area contributed by atoms with Crippen molar-refractivity contribution < 1.29 is 13.2 Å². The van der Waals surface area contributed by atoms with Gasteiger partial charge in [-0.2, -0.15) is 0 Å². The van der Waals surface area contributed by atoms with Crippen molar-refractivity contribution in [2.24, 2.45) is 5.92 Å². The van der Waals surface area contributed by atoms with Crippen molar-refractivity contribution in [1.29, 1.82) is 0 Å². The summed E-state index contributed by atoms with van der Waals surface area (Å²) >= 11 is 0. The van der Waals surface area contributed by atoms with Gasteiger partial charge in [-0.1, -0.05) is 30.5 Å². The fraction of sp³-hybridized carbons (Fsp3) is 0.350. The summed E-state index contributed by atoms with van der Waals surface area (Å²) in [4.78, 5) is 12.3. The molecule has 1 saturated carbocycles. The summed E-state index contributed by atoms with van der Waals surface area (Å²) < 4.78 is 27.8. The number of hydrogen-bond donors (Lipinski definition) is 2. The Hall–Kier alpha value is -2.34. The van der Waals surface area contributed by atoms with E-state index in [9.17, 15) is 13.2 Å². The first-order valence-electron chi connectivity index (χ1n) is 8.86. The van der Waals surface area contributed by atoms with Crippen LogP contribution < -0.4 is 10.0 Å². The van der Waals surface area contributed by atoms with E-state index in [1.807, 2.05) is 26.0 Å². The van der Waals surface area contributed by atoms with Crippen molar-refractivity contribution in [2.45, 2.75) is 44.4 Å². The van der Waals surface area contributed by atoms with Crippen LogP contribution >= 0.6 is 0 Å². The SMILES string of the molecule is Cc1ccc(NS(=O)(=O)c2ccc(NC(=O)C3CCCC3)cc2)c(C)c1. The Morgan fingerprint density at radius 1 is 1.00 bits per heavy atom. The molecule has 0 aliphatic heterocycles. The minimum atomic E-state index is -3.67. The van der Waals surface area contributed by atoms with Crippen LogP contribution in [-0.4, -0.2) is 14.3 Å². The molecule has 26 heavy (non-hydrogen) atoms.